The van der Waals surface area contributed by atoms with E-state index in [0.29, 0.717) is 10.6 Å². The van der Waals surface area contributed by atoms with Crippen LogP contribution in [0.5, 0.6) is 0 Å². The fourth-order valence-corrected chi connectivity index (χ4v) is 1.78. The number of rotatable bonds is 3. The lowest BCUT2D eigenvalue weighted by molar-refractivity contribution is 0.0941. The van der Waals surface area contributed by atoms with E-state index in [0.717, 1.165) is 0 Å². The topological polar surface area (TPSA) is 65.8 Å². The van der Waals surface area contributed by atoms with Gasteiger partial charge in [0, 0.05) is 0 Å². The van der Waals surface area contributed by atoms with Crippen LogP contribution in [0.15, 0.2) is 5.51 Å². The van der Waals surface area contributed by atoms with Crippen LogP contribution in [-0.4, -0.2) is 16.9 Å². The van der Waals surface area contributed by atoms with Gasteiger partial charge in [-0.25, -0.2) is 4.98 Å². The van der Waals surface area contributed by atoms with E-state index in [1.807, 2.05) is 13.8 Å². The molecule has 80 valence electrons. The van der Waals surface area contributed by atoms with Crippen molar-refractivity contribution in [2.45, 2.75) is 26.8 Å². The summed E-state index contributed by atoms with van der Waals surface area (Å²) in [5.41, 5.74) is 2.33. The first-order chi connectivity index (χ1) is 7.06. The maximum atomic E-state index is 11.7. The Labute approximate surface area is 92.9 Å². The molecule has 0 spiro atoms. The Bertz CT molecular complexity index is 392. The molecule has 0 aliphatic carbocycles. The van der Waals surface area contributed by atoms with Gasteiger partial charge in [0.1, 0.15) is 10.9 Å². The van der Waals surface area contributed by atoms with Gasteiger partial charge in [0.15, 0.2) is 0 Å². The van der Waals surface area contributed by atoms with E-state index in [2.05, 4.69) is 16.4 Å². The zero-order valence-corrected chi connectivity index (χ0v) is 9.76. The van der Waals surface area contributed by atoms with E-state index in [-0.39, 0.29) is 11.8 Å². The average Bonchev–Trinajstić information content (AvgIpc) is 2.60. The molecule has 1 N–H and O–H groups in total. The van der Waals surface area contributed by atoms with Gasteiger partial charge in [0.25, 0.3) is 5.91 Å². The predicted octanol–water partition coefficient (Wildman–Crippen LogP) is 1.73. The molecule has 0 radical (unpaired) electrons. The Morgan fingerprint density at radius 2 is 2.33 bits per heavy atom. The molecule has 1 atom stereocenters. The first kappa shape index (κ1) is 11.7. The molecule has 1 aromatic rings. The van der Waals surface area contributed by atoms with Gasteiger partial charge in [-0.15, -0.1) is 11.3 Å². The third-order valence-electron chi connectivity index (χ3n) is 2.04. The second-order valence-corrected chi connectivity index (χ2v) is 4.45. The number of carbonyl (C=O) groups excluding carboxylic acids is 1. The molecule has 0 saturated heterocycles. The lowest BCUT2D eigenvalue weighted by Gasteiger charge is -2.14. The minimum atomic E-state index is -0.445. The van der Waals surface area contributed by atoms with E-state index < -0.39 is 6.04 Å². The molecule has 4 nitrogen and oxygen atoms in total. The van der Waals surface area contributed by atoms with Crippen LogP contribution in [0.25, 0.3) is 0 Å². The van der Waals surface area contributed by atoms with E-state index >= 15 is 0 Å². The Hall–Kier alpha value is -1.41. The van der Waals surface area contributed by atoms with E-state index in [1.54, 1.807) is 12.4 Å². The number of nitrogens with zero attached hydrogens (tertiary/aromatic N) is 2. The third kappa shape index (κ3) is 2.77. The Morgan fingerprint density at radius 1 is 1.67 bits per heavy atom. The second-order valence-electron chi connectivity index (χ2n) is 3.59. The summed E-state index contributed by atoms with van der Waals surface area (Å²) in [5, 5.41) is 11.5. The highest BCUT2D eigenvalue weighted by atomic mass is 32.1. The number of aromatic nitrogens is 1. The quantitative estimate of drug-likeness (QED) is 0.848. The maximum Gasteiger partial charge on any atom is 0.264 e. The van der Waals surface area contributed by atoms with Crippen molar-refractivity contribution >= 4 is 17.2 Å². The van der Waals surface area contributed by atoms with Gasteiger partial charge in [0.05, 0.1) is 17.3 Å². The number of hydrogen-bond donors (Lipinski definition) is 1. The van der Waals surface area contributed by atoms with Crippen LogP contribution in [-0.2, 0) is 0 Å². The summed E-state index contributed by atoms with van der Waals surface area (Å²) < 4.78 is 0. The molecule has 1 rings (SSSR count). The molecule has 15 heavy (non-hydrogen) atoms. The molecule has 0 saturated carbocycles. The summed E-state index contributed by atoms with van der Waals surface area (Å²) in [6.07, 6.45) is 0. The molecular formula is C10H13N3OS. The molecule has 0 bridgehead atoms. The van der Waals surface area contributed by atoms with Crippen molar-refractivity contribution in [2.24, 2.45) is 5.92 Å². The summed E-state index contributed by atoms with van der Waals surface area (Å²) in [7, 11) is 0. The molecule has 1 amide bonds. The third-order valence-corrected chi connectivity index (χ3v) is 2.97. The number of amides is 1. The minimum Gasteiger partial charge on any atom is -0.335 e. The second kappa shape index (κ2) is 4.89. The van der Waals surface area contributed by atoms with Gasteiger partial charge < -0.3 is 5.32 Å². The van der Waals surface area contributed by atoms with Gasteiger partial charge >= 0.3 is 0 Å². The van der Waals surface area contributed by atoms with Crippen molar-refractivity contribution in [1.82, 2.24) is 10.3 Å². The van der Waals surface area contributed by atoms with Crippen molar-refractivity contribution in [3.63, 3.8) is 0 Å². The number of thiazole rings is 1. The monoisotopic (exact) mass is 223 g/mol. The van der Waals surface area contributed by atoms with Gasteiger partial charge in [-0.1, -0.05) is 13.8 Å². The smallest absolute Gasteiger partial charge is 0.264 e. The number of nitriles is 1. The summed E-state index contributed by atoms with van der Waals surface area (Å²) in [4.78, 5) is 16.3. The van der Waals surface area contributed by atoms with E-state index in [4.69, 9.17) is 5.26 Å². The highest BCUT2D eigenvalue weighted by Crippen LogP contribution is 2.12. The summed E-state index contributed by atoms with van der Waals surface area (Å²) >= 11 is 1.29. The van der Waals surface area contributed by atoms with Crippen LogP contribution in [0, 0.1) is 24.2 Å². The molecule has 0 aromatic carbocycles. The Balaban J connectivity index is 2.72. The minimum absolute atomic E-state index is 0.104. The SMILES string of the molecule is Cc1ncsc1C(=O)NC(C#N)C(C)C. The number of aryl methyl sites for hydroxylation is 1. The van der Waals surface area contributed by atoms with E-state index in [1.165, 1.54) is 11.3 Å². The first-order valence-corrected chi connectivity index (χ1v) is 5.54. The lowest BCUT2D eigenvalue weighted by Crippen LogP contribution is -2.37. The van der Waals surface area contributed by atoms with Crippen molar-refractivity contribution in [3.8, 4) is 6.07 Å². The van der Waals surface area contributed by atoms with Crippen molar-refractivity contribution in [2.75, 3.05) is 0 Å². The van der Waals surface area contributed by atoms with Crippen LogP contribution >= 0.6 is 11.3 Å². The number of hydrogen-bond acceptors (Lipinski definition) is 4. The van der Waals surface area contributed by atoms with Crippen molar-refractivity contribution in [3.05, 3.63) is 16.1 Å². The number of carbonyl (C=O) groups is 1. The Morgan fingerprint density at radius 3 is 2.73 bits per heavy atom. The molecule has 5 heteroatoms. The largest absolute Gasteiger partial charge is 0.335 e. The first-order valence-electron chi connectivity index (χ1n) is 4.66. The molecule has 1 unspecified atom stereocenters. The van der Waals surface area contributed by atoms with Gasteiger partial charge in [-0.3, -0.25) is 4.79 Å². The highest BCUT2D eigenvalue weighted by Gasteiger charge is 2.18. The predicted molar refractivity (Wildman–Crippen MR) is 58.6 cm³/mol. The average molecular weight is 223 g/mol. The molecule has 1 heterocycles. The standard InChI is InChI=1S/C10H13N3OS/c1-6(2)8(4-11)13-10(14)9-7(3)12-5-15-9/h5-6,8H,1-3H3,(H,13,14). The molecule has 0 aliphatic rings. The summed E-state index contributed by atoms with van der Waals surface area (Å²) in [6.45, 7) is 5.57. The molecule has 0 fully saturated rings. The van der Waals surface area contributed by atoms with Crippen LogP contribution in [0.4, 0.5) is 0 Å². The lowest BCUT2D eigenvalue weighted by atomic mass is 10.1. The van der Waals surface area contributed by atoms with Crippen molar-refractivity contribution < 1.29 is 4.79 Å². The van der Waals surface area contributed by atoms with Gasteiger partial charge in [-0.2, -0.15) is 5.26 Å². The number of nitrogens with one attached hydrogen (secondary N) is 1. The van der Waals surface area contributed by atoms with Crippen LogP contribution in [0.2, 0.25) is 0 Å². The zero-order valence-electron chi connectivity index (χ0n) is 8.94. The van der Waals surface area contributed by atoms with E-state index in [9.17, 15) is 4.79 Å². The normalized spacial score (nSPS) is 12.2. The highest BCUT2D eigenvalue weighted by molar-refractivity contribution is 7.11. The van der Waals surface area contributed by atoms with Crippen molar-refractivity contribution in [1.29, 1.82) is 5.26 Å². The fourth-order valence-electron chi connectivity index (χ4n) is 1.07. The zero-order chi connectivity index (χ0) is 11.4. The Kier molecular flexibility index (Phi) is 3.81. The summed E-state index contributed by atoms with van der Waals surface area (Å²) in [6, 6.07) is 1.62. The van der Waals surface area contributed by atoms with Gasteiger partial charge in [0.2, 0.25) is 0 Å². The van der Waals surface area contributed by atoms with Gasteiger partial charge in [-0.05, 0) is 12.8 Å². The summed E-state index contributed by atoms with van der Waals surface area (Å²) in [5.74, 6) is -0.109. The van der Waals surface area contributed by atoms with Crippen LogP contribution in [0.1, 0.15) is 29.2 Å². The van der Waals surface area contributed by atoms with Crippen LogP contribution < -0.4 is 5.32 Å². The fraction of sp³-hybridized carbons (Fsp3) is 0.500. The maximum absolute atomic E-state index is 11.7. The molecule has 0 aliphatic heterocycles. The molecule has 1 aromatic heterocycles. The van der Waals surface area contributed by atoms with Crippen LogP contribution in [0.3, 0.4) is 0 Å². The molecular weight excluding hydrogens is 210 g/mol.